The molecule has 2 unspecified atom stereocenters. The zero-order chi connectivity index (χ0) is 12.7. The SMILES string of the molecule is c1ccc2c(c1)CC2CNC1CCOC2(CCC2)C1. The Morgan fingerprint density at radius 2 is 2.16 bits per heavy atom. The Morgan fingerprint density at radius 1 is 1.26 bits per heavy atom. The Morgan fingerprint density at radius 3 is 2.95 bits per heavy atom. The largest absolute Gasteiger partial charge is 0.375 e. The van der Waals surface area contributed by atoms with Crippen molar-refractivity contribution >= 4 is 0 Å². The zero-order valence-corrected chi connectivity index (χ0v) is 11.5. The van der Waals surface area contributed by atoms with Gasteiger partial charge in [-0.1, -0.05) is 24.3 Å². The van der Waals surface area contributed by atoms with E-state index in [-0.39, 0.29) is 5.60 Å². The molecule has 2 atom stereocenters. The van der Waals surface area contributed by atoms with Crippen LogP contribution in [0.25, 0.3) is 0 Å². The fourth-order valence-electron chi connectivity index (χ4n) is 3.98. The van der Waals surface area contributed by atoms with E-state index >= 15 is 0 Å². The molecule has 0 radical (unpaired) electrons. The van der Waals surface area contributed by atoms with Crippen LogP contribution in [0.5, 0.6) is 0 Å². The first-order chi connectivity index (χ1) is 9.35. The van der Waals surface area contributed by atoms with Crippen LogP contribution in [-0.4, -0.2) is 24.8 Å². The van der Waals surface area contributed by atoms with Crippen molar-refractivity contribution in [2.45, 2.75) is 56.1 Å². The van der Waals surface area contributed by atoms with Gasteiger partial charge in [0.15, 0.2) is 0 Å². The molecule has 2 nitrogen and oxygen atoms in total. The van der Waals surface area contributed by atoms with Gasteiger partial charge in [-0.25, -0.2) is 0 Å². The van der Waals surface area contributed by atoms with Crippen molar-refractivity contribution in [2.24, 2.45) is 0 Å². The van der Waals surface area contributed by atoms with E-state index < -0.39 is 0 Å². The molecule has 102 valence electrons. The summed E-state index contributed by atoms with van der Waals surface area (Å²) in [6.45, 7) is 2.11. The molecule has 1 aromatic rings. The van der Waals surface area contributed by atoms with Crippen LogP contribution >= 0.6 is 0 Å². The maximum Gasteiger partial charge on any atom is 0.0697 e. The monoisotopic (exact) mass is 257 g/mol. The summed E-state index contributed by atoms with van der Waals surface area (Å²) in [4.78, 5) is 0. The molecular weight excluding hydrogens is 234 g/mol. The molecular formula is C17H23NO. The lowest BCUT2D eigenvalue weighted by molar-refractivity contribution is -0.135. The maximum absolute atomic E-state index is 6.00. The Balaban J connectivity index is 1.31. The first kappa shape index (κ1) is 11.9. The van der Waals surface area contributed by atoms with Crippen LogP contribution < -0.4 is 5.32 Å². The third-order valence-electron chi connectivity index (χ3n) is 5.37. The van der Waals surface area contributed by atoms with Gasteiger partial charge in [0.05, 0.1) is 5.60 Å². The molecule has 1 heterocycles. The molecule has 1 aromatic carbocycles. The summed E-state index contributed by atoms with van der Waals surface area (Å²) in [6, 6.07) is 9.57. The van der Waals surface area contributed by atoms with Crippen molar-refractivity contribution in [3.8, 4) is 0 Å². The number of hydrogen-bond acceptors (Lipinski definition) is 2. The van der Waals surface area contributed by atoms with E-state index in [4.69, 9.17) is 4.74 Å². The van der Waals surface area contributed by atoms with Crippen LogP contribution in [-0.2, 0) is 11.2 Å². The van der Waals surface area contributed by atoms with Crippen LogP contribution in [0.3, 0.4) is 0 Å². The molecule has 19 heavy (non-hydrogen) atoms. The molecule has 0 aromatic heterocycles. The topological polar surface area (TPSA) is 21.3 Å². The molecule has 1 spiro atoms. The molecule has 2 aliphatic carbocycles. The van der Waals surface area contributed by atoms with E-state index in [1.165, 1.54) is 38.5 Å². The molecule has 2 fully saturated rings. The second-order valence-corrected chi connectivity index (χ2v) is 6.58. The number of rotatable bonds is 3. The summed E-state index contributed by atoms with van der Waals surface area (Å²) in [5.41, 5.74) is 3.39. The van der Waals surface area contributed by atoms with Gasteiger partial charge in [-0.15, -0.1) is 0 Å². The van der Waals surface area contributed by atoms with Gasteiger partial charge >= 0.3 is 0 Å². The van der Waals surface area contributed by atoms with E-state index in [0.717, 1.165) is 19.1 Å². The Kier molecular flexibility index (Phi) is 2.89. The van der Waals surface area contributed by atoms with Gasteiger partial charge in [-0.2, -0.15) is 0 Å². The highest BCUT2D eigenvalue weighted by Gasteiger charge is 2.42. The van der Waals surface area contributed by atoms with Crippen molar-refractivity contribution in [2.75, 3.05) is 13.2 Å². The number of benzene rings is 1. The maximum atomic E-state index is 6.00. The van der Waals surface area contributed by atoms with E-state index in [9.17, 15) is 0 Å². The van der Waals surface area contributed by atoms with Crippen LogP contribution in [0.2, 0.25) is 0 Å². The second kappa shape index (κ2) is 4.60. The summed E-state index contributed by atoms with van der Waals surface area (Å²) < 4.78 is 6.00. The zero-order valence-electron chi connectivity index (χ0n) is 11.5. The highest BCUT2D eigenvalue weighted by atomic mass is 16.5. The summed E-state index contributed by atoms with van der Waals surface area (Å²) in [7, 11) is 0. The minimum Gasteiger partial charge on any atom is -0.375 e. The highest BCUT2D eigenvalue weighted by Crippen LogP contribution is 2.42. The molecule has 2 heteroatoms. The molecule has 1 saturated heterocycles. The smallest absolute Gasteiger partial charge is 0.0697 e. The predicted octanol–water partition coefficient (Wildman–Crippen LogP) is 3.02. The van der Waals surface area contributed by atoms with Gasteiger partial charge in [-0.05, 0) is 49.7 Å². The average molecular weight is 257 g/mol. The standard InChI is InChI=1S/C17H23NO/c1-2-5-16-13(4-1)10-14(16)12-18-15-6-9-19-17(11-15)7-3-8-17/h1-2,4-5,14-15,18H,3,6-12H2. The first-order valence-corrected chi connectivity index (χ1v) is 7.80. The van der Waals surface area contributed by atoms with Crippen molar-refractivity contribution < 1.29 is 4.74 Å². The van der Waals surface area contributed by atoms with E-state index in [0.29, 0.717) is 6.04 Å². The van der Waals surface area contributed by atoms with Crippen LogP contribution in [0, 0.1) is 0 Å². The van der Waals surface area contributed by atoms with E-state index in [1.54, 1.807) is 11.1 Å². The summed E-state index contributed by atoms with van der Waals surface area (Å²) in [5, 5.41) is 3.81. The van der Waals surface area contributed by atoms with Gasteiger partial charge in [-0.3, -0.25) is 0 Å². The Hall–Kier alpha value is -0.860. The van der Waals surface area contributed by atoms with Crippen LogP contribution in [0.4, 0.5) is 0 Å². The summed E-state index contributed by atoms with van der Waals surface area (Å²) in [6.07, 6.45) is 7.63. The minimum absolute atomic E-state index is 0.271. The minimum atomic E-state index is 0.271. The molecule has 4 rings (SSSR count). The van der Waals surface area contributed by atoms with E-state index in [1.807, 2.05) is 0 Å². The number of hydrogen-bond donors (Lipinski definition) is 1. The van der Waals surface area contributed by atoms with Crippen molar-refractivity contribution in [1.29, 1.82) is 0 Å². The lowest BCUT2D eigenvalue weighted by atomic mass is 9.73. The Bertz CT molecular complexity index is 466. The van der Waals surface area contributed by atoms with Gasteiger partial charge in [0.1, 0.15) is 0 Å². The van der Waals surface area contributed by atoms with Gasteiger partial charge < -0.3 is 10.1 Å². The number of nitrogens with one attached hydrogen (secondary N) is 1. The molecule has 1 N–H and O–H groups in total. The molecule has 1 aliphatic heterocycles. The molecule has 0 amide bonds. The Labute approximate surface area is 115 Å². The normalized spacial score (nSPS) is 31.4. The quantitative estimate of drug-likeness (QED) is 0.898. The second-order valence-electron chi connectivity index (χ2n) is 6.58. The number of fused-ring (bicyclic) bond motifs is 1. The fourth-order valence-corrected chi connectivity index (χ4v) is 3.98. The summed E-state index contributed by atoms with van der Waals surface area (Å²) in [5.74, 6) is 0.747. The predicted molar refractivity (Wildman–Crippen MR) is 76.4 cm³/mol. The average Bonchev–Trinajstić information content (AvgIpc) is 2.38. The third-order valence-corrected chi connectivity index (χ3v) is 5.37. The van der Waals surface area contributed by atoms with Crippen molar-refractivity contribution in [3.63, 3.8) is 0 Å². The lowest BCUT2D eigenvalue weighted by Crippen LogP contribution is -2.51. The molecule has 3 aliphatic rings. The van der Waals surface area contributed by atoms with Crippen molar-refractivity contribution in [3.05, 3.63) is 35.4 Å². The van der Waals surface area contributed by atoms with Crippen molar-refractivity contribution in [1.82, 2.24) is 5.32 Å². The number of ether oxygens (including phenoxy) is 1. The molecule has 0 bridgehead atoms. The van der Waals surface area contributed by atoms with Gasteiger partial charge in [0, 0.05) is 25.1 Å². The first-order valence-electron chi connectivity index (χ1n) is 7.80. The lowest BCUT2D eigenvalue weighted by Gasteiger charge is -2.47. The molecule has 1 saturated carbocycles. The van der Waals surface area contributed by atoms with Crippen LogP contribution in [0.1, 0.15) is 49.1 Å². The fraction of sp³-hybridized carbons (Fsp3) is 0.647. The third kappa shape index (κ3) is 2.11. The highest BCUT2D eigenvalue weighted by molar-refractivity contribution is 5.40. The van der Waals surface area contributed by atoms with Gasteiger partial charge in [0.2, 0.25) is 0 Å². The van der Waals surface area contributed by atoms with E-state index in [2.05, 4.69) is 29.6 Å². The van der Waals surface area contributed by atoms with Crippen LogP contribution in [0.15, 0.2) is 24.3 Å². The summed E-state index contributed by atoms with van der Waals surface area (Å²) >= 11 is 0. The van der Waals surface area contributed by atoms with Gasteiger partial charge in [0.25, 0.3) is 0 Å².